The molecule has 0 aliphatic carbocycles. The molecule has 0 atom stereocenters. The fourth-order valence-electron chi connectivity index (χ4n) is 3.90. The lowest BCUT2D eigenvalue weighted by Gasteiger charge is -2.08. The first-order chi connectivity index (χ1) is 18.3. The molecule has 0 saturated heterocycles. The van der Waals surface area contributed by atoms with Gasteiger partial charge in [0.15, 0.2) is 0 Å². The van der Waals surface area contributed by atoms with Crippen LogP contribution in [0.5, 0.6) is 11.5 Å². The van der Waals surface area contributed by atoms with E-state index >= 15 is 0 Å². The van der Waals surface area contributed by atoms with Crippen molar-refractivity contribution in [1.29, 1.82) is 0 Å². The Bertz CT molecular complexity index is 1560. The van der Waals surface area contributed by atoms with Gasteiger partial charge in [0.05, 0.1) is 16.1 Å². The topological polar surface area (TPSA) is 73.6 Å². The summed E-state index contributed by atoms with van der Waals surface area (Å²) < 4.78 is 52.5. The van der Waals surface area contributed by atoms with Crippen LogP contribution in [0, 0.1) is 0 Å². The van der Waals surface area contributed by atoms with Crippen molar-refractivity contribution >= 4 is 28.2 Å². The maximum atomic E-state index is 13.0. The van der Waals surface area contributed by atoms with Crippen LogP contribution in [-0.2, 0) is 30.7 Å². The minimum Gasteiger partial charge on any atom is -0.488 e. The number of aromatic nitrogens is 2. The van der Waals surface area contributed by atoms with Gasteiger partial charge in [0.1, 0.15) is 36.3 Å². The number of aliphatic carboxylic acids is 1. The number of carboxylic acids is 1. The van der Waals surface area contributed by atoms with Gasteiger partial charge in [-0.3, -0.25) is 4.79 Å². The number of benzene rings is 3. The number of halogens is 3. The van der Waals surface area contributed by atoms with Crippen molar-refractivity contribution in [3.8, 4) is 22.1 Å². The Hall–Kier alpha value is -4.31. The van der Waals surface area contributed by atoms with E-state index in [2.05, 4.69) is 4.98 Å². The predicted molar refractivity (Wildman–Crippen MR) is 137 cm³/mol. The first-order valence-electron chi connectivity index (χ1n) is 11.5. The van der Waals surface area contributed by atoms with Crippen LogP contribution >= 0.6 is 11.3 Å². The number of carbonyl (C=O) groups is 1. The molecule has 2 aromatic heterocycles. The van der Waals surface area contributed by atoms with E-state index in [1.54, 1.807) is 22.9 Å². The highest BCUT2D eigenvalue weighted by Gasteiger charge is 2.30. The number of fused-ring (bicyclic) bond motifs is 1. The highest BCUT2D eigenvalue weighted by molar-refractivity contribution is 7.15. The molecule has 0 fully saturated rings. The summed E-state index contributed by atoms with van der Waals surface area (Å²) in [6.45, 7) is 0.201. The standard InChI is InChI=1S/C28H21F3N2O4S/c29-28(30,31)20-8-6-18(7-9-20)27-32-23(16-36-21-4-2-1-3-5-21)25(38-27)17-37-22-10-11-24-19(14-22)12-13-33(24)15-26(34)35/h1-14H,15-17H2,(H,34,35). The molecule has 0 spiro atoms. The summed E-state index contributed by atoms with van der Waals surface area (Å²) in [6, 6.07) is 21.3. The van der Waals surface area contributed by atoms with Crippen LogP contribution in [0.1, 0.15) is 16.1 Å². The van der Waals surface area contributed by atoms with Crippen LogP contribution in [0.15, 0.2) is 85.1 Å². The van der Waals surface area contributed by atoms with Crippen molar-refractivity contribution in [1.82, 2.24) is 9.55 Å². The number of ether oxygens (including phenoxy) is 2. The molecule has 194 valence electrons. The van der Waals surface area contributed by atoms with Gasteiger partial charge in [-0.1, -0.05) is 30.3 Å². The molecule has 2 heterocycles. The van der Waals surface area contributed by atoms with Gasteiger partial charge in [0, 0.05) is 22.7 Å². The fourth-order valence-corrected chi connectivity index (χ4v) is 4.89. The Labute approximate surface area is 219 Å². The number of alkyl halides is 3. The van der Waals surface area contributed by atoms with Crippen LogP contribution in [0.25, 0.3) is 21.5 Å². The highest BCUT2D eigenvalue weighted by Crippen LogP contribution is 2.34. The molecule has 5 rings (SSSR count). The second kappa shape index (κ2) is 10.6. The van der Waals surface area contributed by atoms with Crippen molar-refractivity contribution in [3.63, 3.8) is 0 Å². The Kier molecular flexibility index (Phi) is 7.06. The highest BCUT2D eigenvalue weighted by atomic mass is 32.1. The van der Waals surface area contributed by atoms with Crippen LogP contribution in [0.4, 0.5) is 13.2 Å². The average Bonchev–Trinajstić information content (AvgIpc) is 3.50. The second-order valence-corrected chi connectivity index (χ2v) is 9.50. The molecule has 0 saturated carbocycles. The van der Waals surface area contributed by atoms with Crippen LogP contribution in [-0.4, -0.2) is 20.6 Å². The lowest BCUT2D eigenvalue weighted by molar-refractivity contribution is -0.138. The number of hydrogen-bond acceptors (Lipinski definition) is 5. The normalized spacial score (nSPS) is 11.6. The van der Waals surface area contributed by atoms with E-state index < -0.39 is 17.7 Å². The predicted octanol–water partition coefficient (Wildman–Crippen LogP) is 7.03. The monoisotopic (exact) mass is 538 g/mol. The van der Waals surface area contributed by atoms with Gasteiger partial charge in [-0.15, -0.1) is 11.3 Å². The third kappa shape index (κ3) is 5.81. The smallest absolute Gasteiger partial charge is 0.416 e. The summed E-state index contributed by atoms with van der Waals surface area (Å²) in [7, 11) is 0. The van der Waals surface area contributed by atoms with Crippen molar-refractivity contribution in [2.24, 2.45) is 0 Å². The zero-order valence-corrected chi connectivity index (χ0v) is 20.6. The molecular weight excluding hydrogens is 517 g/mol. The van der Waals surface area contributed by atoms with E-state index in [1.165, 1.54) is 23.5 Å². The van der Waals surface area contributed by atoms with Crippen LogP contribution < -0.4 is 9.47 Å². The Balaban J connectivity index is 1.38. The quantitative estimate of drug-likeness (QED) is 0.218. The summed E-state index contributed by atoms with van der Waals surface area (Å²) in [6.07, 6.45) is -2.70. The first-order valence-corrected chi connectivity index (χ1v) is 12.4. The molecule has 6 nitrogen and oxygen atoms in total. The molecule has 5 aromatic rings. The molecule has 1 N–H and O–H groups in total. The third-order valence-corrected chi connectivity index (χ3v) is 6.89. The molecule has 0 aliphatic heterocycles. The molecule has 10 heteroatoms. The summed E-state index contributed by atoms with van der Waals surface area (Å²) in [4.78, 5) is 16.5. The fraction of sp³-hybridized carbons (Fsp3) is 0.143. The lowest BCUT2D eigenvalue weighted by atomic mass is 10.1. The van der Waals surface area contributed by atoms with E-state index in [1.807, 2.05) is 42.5 Å². The second-order valence-electron chi connectivity index (χ2n) is 8.41. The maximum Gasteiger partial charge on any atom is 0.416 e. The van der Waals surface area contributed by atoms with E-state index in [9.17, 15) is 18.0 Å². The van der Waals surface area contributed by atoms with E-state index in [4.69, 9.17) is 14.6 Å². The molecular formula is C28H21F3N2O4S. The van der Waals surface area contributed by atoms with Gasteiger partial charge in [0.2, 0.25) is 0 Å². The summed E-state index contributed by atoms with van der Waals surface area (Å²) >= 11 is 1.33. The van der Waals surface area contributed by atoms with E-state index in [0.29, 0.717) is 27.8 Å². The average molecular weight is 539 g/mol. The van der Waals surface area contributed by atoms with Crippen LogP contribution in [0.2, 0.25) is 0 Å². The number of para-hydroxylation sites is 1. The van der Waals surface area contributed by atoms with Gasteiger partial charge in [-0.05, 0) is 48.5 Å². The molecule has 0 aliphatic rings. The molecule has 0 radical (unpaired) electrons. The van der Waals surface area contributed by atoms with E-state index in [0.717, 1.165) is 27.9 Å². The molecule has 38 heavy (non-hydrogen) atoms. The molecule has 0 bridgehead atoms. The van der Waals surface area contributed by atoms with Crippen molar-refractivity contribution in [3.05, 3.63) is 101 Å². The zero-order valence-electron chi connectivity index (χ0n) is 19.8. The first kappa shape index (κ1) is 25.3. The zero-order chi connectivity index (χ0) is 26.7. The van der Waals surface area contributed by atoms with Gasteiger partial charge in [-0.2, -0.15) is 13.2 Å². The molecule has 0 amide bonds. The Morgan fingerprint density at radius 3 is 2.37 bits per heavy atom. The van der Waals surface area contributed by atoms with E-state index in [-0.39, 0.29) is 19.8 Å². The maximum absolute atomic E-state index is 13.0. The van der Waals surface area contributed by atoms with Crippen molar-refractivity contribution < 1.29 is 32.5 Å². The van der Waals surface area contributed by atoms with Gasteiger partial charge in [0.25, 0.3) is 0 Å². The molecule has 0 unspecified atom stereocenters. The Morgan fingerprint density at radius 1 is 0.921 bits per heavy atom. The van der Waals surface area contributed by atoms with Gasteiger partial charge >= 0.3 is 12.1 Å². The number of carboxylic acid groups (broad SMARTS) is 1. The van der Waals surface area contributed by atoms with Crippen molar-refractivity contribution in [2.45, 2.75) is 25.9 Å². The minimum absolute atomic E-state index is 0.137. The SMILES string of the molecule is O=C(O)Cn1ccc2cc(OCc3sc(-c4ccc(C(F)(F)F)cc4)nc3COc3ccccc3)ccc21. The van der Waals surface area contributed by atoms with Gasteiger partial charge in [-0.25, -0.2) is 4.98 Å². The lowest BCUT2D eigenvalue weighted by Crippen LogP contribution is -2.07. The van der Waals surface area contributed by atoms with Crippen LogP contribution in [0.3, 0.4) is 0 Å². The summed E-state index contributed by atoms with van der Waals surface area (Å²) in [5, 5.41) is 10.5. The van der Waals surface area contributed by atoms with Gasteiger partial charge < -0.3 is 19.1 Å². The number of hydrogen-bond donors (Lipinski definition) is 1. The minimum atomic E-state index is -4.41. The number of nitrogens with zero attached hydrogens (tertiary/aromatic N) is 2. The summed E-state index contributed by atoms with van der Waals surface area (Å²) in [5.41, 5.74) is 1.25. The number of rotatable bonds is 9. The molecule has 3 aromatic carbocycles. The Morgan fingerprint density at radius 2 is 1.66 bits per heavy atom. The number of thiazole rings is 1. The third-order valence-electron chi connectivity index (χ3n) is 5.77. The van der Waals surface area contributed by atoms with Crippen molar-refractivity contribution in [2.75, 3.05) is 0 Å². The largest absolute Gasteiger partial charge is 0.488 e. The summed E-state index contributed by atoms with van der Waals surface area (Å²) in [5.74, 6) is 0.326.